The molecule has 130 valence electrons. The number of carbonyl (C=O) groups is 1. The Hall–Kier alpha value is -1.96. The molecule has 5 nitrogen and oxygen atoms in total. The molecule has 2 N–H and O–H groups in total. The summed E-state index contributed by atoms with van der Waals surface area (Å²) < 4.78 is 28.0. The third-order valence-corrected chi connectivity index (χ3v) is 5.60. The van der Waals surface area contributed by atoms with Gasteiger partial charge < -0.3 is 5.32 Å². The second-order valence-corrected chi connectivity index (χ2v) is 8.43. The Morgan fingerprint density at radius 3 is 2.60 bits per heavy atom. The third kappa shape index (κ3) is 5.26. The average molecular weight is 421 g/mol. The first-order valence-electron chi connectivity index (χ1n) is 7.79. The van der Waals surface area contributed by atoms with E-state index in [2.05, 4.69) is 26.0 Å². The molecule has 1 aliphatic carbocycles. The van der Waals surface area contributed by atoms with E-state index < -0.39 is 10.0 Å². The lowest BCUT2D eigenvalue weighted by molar-refractivity contribution is -0.111. The molecule has 0 unspecified atom stereocenters. The lowest BCUT2D eigenvalue weighted by atomic mass is 10.2. The fraction of sp³-hybridized carbons (Fsp3) is 0.167. The first kappa shape index (κ1) is 17.8. The molecule has 7 heteroatoms. The average Bonchev–Trinajstić information content (AvgIpc) is 3.37. The lowest BCUT2D eigenvalue weighted by Gasteiger charge is -2.08. The second-order valence-electron chi connectivity index (χ2n) is 5.80. The Bertz CT molecular complexity index is 921. The third-order valence-electron chi connectivity index (χ3n) is 3.59. The van der Waals surface area contributed by atoms with Crippen LogP contribution >= 0.6 is 15.9 Å². The topological polar surface area (TPSA) is 75.3 Å². The monoisotopic (exact) mass is 420 g/mol. The molecule has 1 saturated carbocycles. The zero-order valence-corrected chi connectivity index (χ0v) is 15.7. The number of hydrogen-bond acceptors (Lipinski definition) is 3. The van der Waals surface area contributed by atoms with E-state index in [0.29, 0.717) is 5.69 Å². The molecular weight excluding hydrogens is 404 g/mol. The first-order valence-corrected chi connectivity index (χ1v) is 10.1. The van der Waals surface area contributed by atoms with Crippen LogP contribution in [0.3, 0.4) is 0 Å². The number of hydrogen-bond donors (Lipinski definition) is 2. The maximum atomic E-state index is 12.2. The Morgan fingerprint density at radius 1 is 1.12 bits per heavy atom. The minimum absolute atomic E-state index is 0.0383. The molecule has 3 rings (SSSR count). The van der Waals surface area contributed by atoms with Gasteiger partial charge in [-0.2, -0.15) is 0 Å². The SMILES string of the molecule is O=C(/C=C/c1cccc(Br)c1)Nc1cccc(S(=O)(=O)NC2CC2)c1. The van der Waals surface area contributed by atoms with Crippen LogP contribution in [-0.2, 0) is 14.8 Å². The van der Waals surface area contributed by atoms with Crippen LogP contribution in [0.1, 0.15) is 18.4 Å². The summed E-state index contributed by atoms with van der Waals surface area (Å²) in [5.74, 6) is -0.329. The van der Waals surface area contributed by atoms with E-state index >= 15 is 0 Å². The van der Waals surface area contributed by atoms with Crippen molar-refractivity contribution in [2.45, 2.75) is 23.8 Å². The van der Waals surface area contributed by atoms with Gasteiger partial charge in [-0.15, -0.1) is 0 Å². The van der Waals surface area contributed by atoms with Crippen molar-refractivity contribution in [2.24, 2.45) is 0 Å². The van der Waals surface area contributed by atoms with Gasteiger partial charge in [-0.05, 0) is 54.8 Å². The Labute approximate surface area is 155 Å². The number of anilines is 1. The van der Waals surface area contributed by atoms with Crippen molar-refractivity contribution in [3.8, 4) is 0 Å². The standard InChI is InChI=1S/C18H17BrN2O3S/c19-14-4-1-3-13(11-14)7-10-18(22)20-16-5-2-6-17(12-16)25(23,24)21-15-8-9-15/h1-7,10-12,15,21H,8-9H2,(H,20,22)/b10-7+. The fourth-order valence-corrected chi connectivity index (χ4v) is 3.96. The fourth-order valence-electron chi connectivity index (χ4n) is 2.20. The molecule has 0 saturated heterocycles. The van der Waals surface area contributed by atoms with E-state index in [1.807, 2.05) is 24.3 Å². The summed E-state index contributed by atoms with van der Waals surface area (Å²) in [5, 5.41) is 2.68. The van der Waals surface area contributed by atoms with Gasteiger partial charge in [0.25, 0.3) is 0 Å². The number of rotatable bonds is 6. The van der Waals surface area contributed by atoms with E-state index in [0.717, 1.165) is 22.9 Å². The number of carbonyl (C=O) groups excluding carboxylic acids is 1. The highest BCUT2D eigenvalue weighted by Crippen LogP contribution is 2.23. The molecule has 2 aromatic carbocycles. The van der Waals surface area contributed by atoms with Gasteiger partial charge in [-0.1, -0.05) is 34.1 Å². The number of halogens is 1. The van der Waals surface area contributed by atoms with Crippen LogP contribution in [-0.4, -0.2) is 20.4 Å². The smallest absolute Gasteiger partial charge is 0.248 e. The molecule has 0 spiro atoms. The van der Waals surface area contributed by atoms with Gasteiger partial charge in [0.1, 0.15) is 0 Å². The van der Waals surface area contributed by atoms with Gasteiger partial charge >= 0.3 is 0 Å². The number of sulfonamides is 1. The minimum Gasteiger partial charge on any atom is -0.322 e. The summed E-state index contributed by atoms with van der Waals surface area (Å²) in [4.78, 5) is 12.2. The van der Waals surface area contributed by atoms with Gasteiger partial charge in [0, 0.05) is 22.3 Å². The molecular formula is C18H17BrN2O3S. The maximum Gasteiger partial charge on any atom is 0.248 e. The maximum absolute atomic E-state index is 12.2. The van der Waals surface area contributed by atoms with Crippen molar-refractivity contribution >= 4 is 43.6 Å². The summed E-state index contributed by atoms with van der Waals surface area (Å²) >= 11 is 3.37. The summed E-state index contributed by atoms with van der Waals surface area (Å²) in [7, 11) is -3.54. The van der Waals surface area contributed by atoms with Crippen LogP contribution in [0, 0.1) is 0 Å². The van der Waals surface area contributed by atoms with Gasteiger partial charge in [-0.3, -0.25) is 4.79 Å². The lowest BCUT2D eigenvalue weighted by Crippen LogP contribution is -2.25. The number of nitrogens with one attached hydrogen (secondary N) is 2. The van der Waals surface area contributed by atoms with Crippen molar-refractivity contribution in [3.05, 3.63) is 64.6 Å². The molecule has 0 aliphatic heterocycles. The van der Waals surface area contributed by atoms with Crippen LogP contribution in [0.15, 0.2) is 64.0 Å². The van der Waals surface area contributed by atoms with Gasteiger partial charge in [-0.25, -0.2) is 13.1 Å². The molecule has 1 amide bonds. The van der Waals surface area contributed by atoms with Crippen molar-refractivity contribution in [2.75, 3.05) is 5.32 Å². The molecule has 25 heavy (non-hydrogen) atoms. The van der Waals surface area contributed by atoms with E-state index in [9.17, 15) is 13.2 Å². The van der Waals surface area contributed by atoms with Crippen molar-refractivity contribution in [1.29, 1.82) is 0 Å². The van der Waals surface area contributed by atoms with Crippen molar-refractivity contribution in [1.82, 2.24) is 4.72 Å². The highest BCUT2D eigenvalue weighted by molar-refractivity contribution is 9.10. The zero-order chi connectivity index (χ0) is 17.9. The van der Waals surface area contributed by atoms with Crippen LogP contribution in [0.25, 0.3) is 6.08 Å². The van der Waals surface area contributed by atoms with Gasteiger partial charge in [0.05, 0.1) is 4.90 Å². The van der Waals surface area contributed by atoms with E-state index in [-0.39, 0.29) is 16.8 Å². The predicted molar refractivity (Wildman–Crippen MR) is 102 cm³/mol. The zero-order valence-electron chi connectivity index (χ0n) is 13.3. The van der Waals surface area contributed by atoms with Gasteiger partial charge in [0.2, 0.25) is 15.9 Å². The number of amides is 1. The Balaban J connectivity index is 1.68. The van der Waals surface area contributed by atoms with Gasteiger partial charge in [0.15, 0.2) is 0 Å². The summed E-state index contributed by atoms with van der Waals surface area (Å²) in [6.45, 7) is 0. The first-order chi connectivity index (χ1) is 11.9. The van der Waals surface area contributed by atoms with E-state index in [1.165, 1.54) is 18.2 Å². The van der Waals surface area contributed by atoms with E-state index in [1.54, 1.807) is 18.2 Å². The molecule has 0 atom stereocenters. The van der Waals surface area contributed by atoms with Crippen LogP contribution in [0.5, 0.6) is 0 Å². The Kier molecular flexibility index (Phi) is 5.36. The molecule has 1 fully saturated rings. The van der Waals surface area contributed by atoms with Crippen LogP contribution in [0.4, 0.5) is 5.69 Å². The number of benzene rings is 2. The molecule has 1 aliphatic rings. The summed E-state index contributed by atoms with van der Waals surface area (Å²) in [5.41, 5.74) is 1.32. The minimum atomic E-state index is -3.54. The molecule has 0 heterocycles. The molecule has 0 aromatic heterocycles. The van der Waals surface area contributed by atoms with Crippen molar-refractivity contribution in [3.63, 3.8) is 0 Å². The van der Waals surface area contributed by atoms with Crippen LogP contribution in [0.2, 0.25) is 0 Å². The quantitative estimate of drug-likeness (QED) is 0.701. The van der Waals surface area contributed by atoms with Crippen molar-refractivity contribution < 1.29 is 13.2 Å². The highest BCUT2D eigenvalue weighted by atomic mass is 79.9. The second kappa shape index (κ2) is 7.51. The molecule has 0 radical (unpaired) electrons. The molecule has 0 bridgehead atoms. The predicted octanol–water partition coefficient (Wildman–Crippen LogP) is 3.54. The van der Waals surface area contributed by atoms with Crippen LogP contribution < -0.4 is 10.0 Å². The van der Waals surface area contributed by atoms with E-state index in [4.69, 9.17) is 0 Å². The molecule has 2 aromatic rings. The summed E-state index contributed by atoms with van der Waals surface area (Å²) in [6.07, 6.45) is 4.84. The largest absolute Gasteiger partial charge is 0.322 e. The Morgan fingerprint density at radius 2 is 1.88 bits per heavy atom. The normalized spacial score (nSPS) is 14.6. The highest BCUT2D eigenvalue weighted by Gasteiger charge is 2.28. The summed E-state index contributed by atoms with van der Waals surface area (Å²) in [6, 6.07) is 13.8.